The van der Waals surface area contributed by atoms with Crippen LogP contribution < -0.4 is 5.73 Å². The van der Waals surface area contributed by atoms with Gasteiger partial charge in [-0.05, 0) is 48.7 Å². The van der Waals surface area contributed by atoms with Gasteiger partial charge in [0.05, 0.1) is 17.6 Å². The maximum absolute atomic E-state index is 13.2. The Labute approximate surface area is 172 Å². The van der Waals surface area contributed by atoms with Crippen molar-refractivity contribution >= 4 is 22.8 Å². The second-order valence-electron chi connectivity index (χ2n) is 7.78. The highest BCUT2D eigenvalue weighted by Crippen LogP contribution is 2.26. The number of hydrogen-bond donors (Lipinski definition) is 2. The molecule has 1 saturated heterocycles. The molecule has 3 aromatic rings. The minimum absolute atomic E-state index is 0.0167. The van der Waals surface area contributed by atoms with E-state index < -0.39 is 5.97 Å². The molecular formula is C22H23FN4O3. The van der Waals surface area contributed by atoms with Crippen molar-refractivity contribution < 1.29 is 19.1 Å². The SMILES string of the molecule is NC(=O)C1CCCN(Cc2cn(Cc3ccc(F)cc3)c3cnc(C(=O)O)cc23)C1. The number of hydrogen-bond acceptors (Lipinski definition) is 4. The number of aromatic carboxylic acids is 1. The van der Waals surface area contributed by atoms with Crippen LogP contribution in [0.25, 0.3) is 10.9 Å². The number of rotatable bonds is 6. The molecule has 1 atom stereocenters. The average Bonchev–Trinajstić information content (AvgIpc) is 3.06. The zero-order valence-electron chi connectivity index (χ0n) is 16.4. The van der Waals surface area contributed by atoms with Gasteiger partial charge in [0.25, 0.3) is 0 Å². The van der Waals surface area contributed by atoms with Crippen molar-refractivity contribution in [1.82, 2.24) is 14.5 Å². The Kier molecular flexibility index (Phi) is 5.50. The van der Waals surface area contributed by atoms with Crippen LogP contribution in [0.5, 0.6) is 0 Å². The summed E-state index contributed by atoms with van der Waals surface area (Å²) < 4.78 is 15.2. The Bertz CT molecular complexity index is 1090. The number of carboxylic acids is 1. The van der Waals surface area contributed by atoms with Crippen molar-refractivity contribution in [1.29, 1.82) is 0 Å². The molecule has 0 bridgehead atoms. The number of pyridine rings is 1. The quantitative estimate of drug-likeness (QED) is 0.651. The van der Waals surface area contributed by atoms with E-state index in [0.29, 0.717) is 19.6 Å². The lowest BCUT2D eigenvalue weighted by atomic mass is 9.97. The fourth-order valence-corrected chi connectivity index (χ4v) is 4.09. The molecule has 4 rings (SSSR count). The van der Waals surface area contributed by atoms with Gasteiger partial charge in [0.2, 0.25) is 5.91 Å². The molecule has 3 heterocycles. The van der Waals surface area contributed by atoms with Crippen molar-refractivity contribution in [2.45, 2.75) is 25.9 Å². The largest absolute Gasteiger partial charge is 0.477 e. The normalized spacial score (nSPS) is 17.3. The second-order valence-corrected chi connectivity index (χ2v) is 7.78. The Hall–Kier alpha value is -3.26. The van der Waals surface area contributed by atoms with E-state index in [1.54, 1.807) is 24.4 Å². The van der Waals surface area contributed by atoms with Crippen LogP contribution >= 0.6 is 0 Å². The van der Waals surface area contributed by atoms with Crippen molar-refractivity contribution in [3.8, 4) is 0 Å². The second kappa shape index (κ2) is 8.23. The zero-order chi connectivity index (χ0) is 21.3. The lowest BCUT2D eigenvalue weighted by Crippen LogP contribution is -2.40. The molecule has 1 fully saturated rings. The summed E-state index contributed by atoms with van der Waals surface area (Å²) >= 11 is 0. The molecule has 7 nitrogen and oxygen atoms in total. The van der Waals surface area contributed by atoms with Gasteiger partial charge in [-0.1, -0.05) is 12.1 Å². The number of nitrogens with two attached hydrogens (primary N) is 1. The molecule has 8 heteroatoms. The minimum Gasteiger partial charge on any atom is -0.477 e. The Balaban J connectivity index is 1.68. The number of benzene rings is 1. The Morgan fingerprint density at radius 1 is 1.23 bits per heavy atom. The summed E-state index contributed by atoms with van der Waals surface area (Å²) in [6.07, 6.45) is 5.23. The predicted octanol–water partition coefficient (Wildman–Crippen LogP) is 2.62. The molecule has 1 amide bonds. The van der Waals surface area contributed by atoms with Crippen LogP contribution in [-0.4, -0.2) is 44.5 Å². The molecule has 1 aliphatic rings. The number of primary amides is 1. The fourth-order valence-electron chi connectivity index (χ4n) is 4.09. The van der Waals surface area contributed by atoms with Gasteiger partial charge >= 0.3 is 5.97 Å². The first-order chi connectivity index (χ1) is 14.4. The van der Waals surface area contributed by atoms with E-state index in [0.717, 1.165) is 41.4 Å². The van der Waals surface area contributed by atoms with Gasteiger partial charge in [-0.15, -0.1) is 0 Å². The van der Waals surface area contributed by atoms with Gasteiger partial charge in [0.15, 0.2) is 0 Å². The lowest BCUT2D eigenvalue weighted by Gasteiger charge is -2.30. The molecule has 2 aromatic heterocycles. The monoisotopic (exact) mass is 410 g/mol. The number of fused-ring (bicyclic) bond motifs is 1. The van der Waals surface area contributed by atoms with Gasteiger partial charge in [-0.2, -0.15) is 0 Å². The summed E-state index contributed by atoms with van der Waals surface area (Å²) in [6, 6.07) is 7.87. The maximum Gasteiger partial charge on any atom is 0.354 e. The third-order valence-electron chi connectivity index (χ3n) is 5.64. The van der Waals surface area contributed by atoms with Crippen LogP contribution in [0.2, 0.25) is 0 Å². The van der Waals surface area contributed by atoms with Gasteiger partial charge < -0.3 is 15.4 Å². The Morgan fingerprint density at radius 2 is 2.00 bits per heavy atom. The first kappa shape index (κ1) is 20.0. The van der Waals surface area contributed by atoms with E-state index in [4.69, 9.17) is 5.73 Å². The Morgan fingerprint density at radius 3 is 2.70 bits per heavy atom. The van der Waals surface area contributed by atoms with Gasteiger partial charge in [-0.3, -0.25) is 9.69 Å². The summed E-state index contributed by atoms with van der Waals surface area (Å²) in [5.41, 5.74) is 8.17. The highest BCUT2D eigenvalue weighted by atomic mass is 19.1. The molecule has 30 heavy (non-hydrogen) atoms. The minimum atomic E-state index is -1.08. The van der Waals surface area contributed by atoms with Crippen LogP contribution in [0, 0.1) is 11.7 Å². The maximum atomic E-state index is 13.2. The molecule has 3 N–H and O–H groups in total. The summed E-state index contributed by atoms with van der Waals surface area (Å²) in [5, 5.41) is 10.2. The highest BCUT2D eigenvalue weighted by Gasteiger charge is 2.25. The smallest absolute Gasteiger partial charge is 0.354 e. The molecule has 156 valence electrons. The number of halogens is 1. The van der Waals surface area contributed by atoms with Crippen LogP contribution in [0.1, 0.15) is 34.5 Å². The van der Waals surface area contributed by atoms with E-state index in [1.165, 1.54) is 12.1 Å². The summed E-state index contributed by atoms with van der Waals surface area (Å²) in [7, 11) is 0. The van der Waals surface area contributed by atoms with Crippen molar-refractivity contribution in [3.05, 3.63) is 65.4 Å². The molecule has 0 aliphatic carbocycles. The van der Waals surface area contributed by atoms with Crippen LogP contribution in [0.4, 0.5) is 4.39 Å². The van der Waals surface area contributed by atoms with Gasteiger partial charge in [0.1, 0.15) is 11.5 Å². The predicted molar refractivity (Wildman–Crippen MR) is 109 cm³/mol. The highest BCUT2D eigenvalue weighted by molar-refractivity contribution is 5.92. The average molecular weight is 410 g/mol. The number of carbonyl (C=O) groups excluding carboxylic acids is 1. The standard InChI is InChI=1S/C22H23FN4O3/c23-17-5-3-14(4-6-17)10-27-13-16(12-26-7-1-2-15(11-26)21(24)28)18-8-19(22(29)30)25-9-20(18)27/h3-6,8-9,13,15H,1-2,7,10-12H2,(H2,24,28)(H,29,30). The third-order valence-corrected chi connectivity index (χ3v) is 5.64. The van der Waals surface area contributed by atoms with E-state index in [1.807, 2.05) is 10.8 Å². The van der Waals surface area contributed by atoms with Crippen molar-refractivity contribution in [3.63, 3.8) is 0 Å². The molecule has 0 radical (unpaired) electrons. The van der Waals surface area contributed by atoms with Crippen molar-refractivity contribution in [2.24, 2.45) is 11.7 Å². The molecule has 1 unspecified atom stereocenters. The number of aromatic nitrogens is 2. The molecule has 0 saturated carbocycles. The first-order valence-corrected chi connectivity index (χ1v) is 9.88. The third kappa shape index (κ3) is 4.18. The topological polar surface area (TPSA) is 101 Å². The first-order valence-electron chi connectivity index (χ1n) is 9.88. The fraction of sp³-hybridized carbons (Fsp3) is 0.318. The summed E-state index contributed by atoms with van der Waals surface area (Å²) in [4.78, 5) is 29.3. The van der Waals surface area contributed by atoms with E-state index in [9.17, 15) is 19.1 Å². The molecule has 0 spiro atoms. The molecular weight excluding hydrogens is 387 g/mol. The van der Waals surface area contributed by atoms with Crippen LogP contribution in [0.15, 0.2) is 42.7 Å². The number of piperidine rings is 1. The van der Waals surface area contributed by atoms with Gasteiger partial charge in [0, 0.05) is 31.2 Å². The van der Waals surface area contributed by atoms with E-state index in [2.05, 4.69) is 9.88 Å². The van der Waals surface area contributed by atoms with Crippen LogP contribution in [0.3, 0.4) is 0 Å². The number of carboxylic acid groups (broad SMARTS) is 1. The molecule has 1 aromatic carbocycles. The lowest BCUT2D eigenvalue weighted by molar-refractivity contribution is -0.123. The van der Waals surface area contributed by atoms with E-state index >= 15 is 0 Å². The summed E-state index contributed by atoms with van der Waals surface area (Å²) in [6.45, 7) is 2.54. The van der Waals surface area contributed by atoms with Crippen molar-refractivity contribution in [2.75, 3.05) is 13.1 Å². The van der Waals surface area contributed by atoms with Crippen LogP contribution in [-0.2, 0) is 17.9 Å². The zero-order valence-corrected chi connectivity index (χ0v) is 16.4. The van der Waals surface area contributed by atoms with E-state index in [-0.39, 0.29) is 23.3 Å². The van der Waals surface area contributed by atoms with Gasteiger partial charge in [-0.25, -0.2) is 14.2 Å². The number of amides is 1. The number of nitrogens with zero attached hydrogens (tertiary/aromatic N) is 3. The number of carbonyl (C=O) groups is 2. The summed E-state index contributed by atoms with van der Waals surface area (Å²) in [5.74, 6) is -1.82. The molecule has 1 aliphatic heterocycles. The number of likely N-dealkylation sites (tertiary alicyclic amines) is 1.